The average Bonchev–Trinajstić information content (AvgIpc) is 2.88. The van der Waals surface area contributed by atoms with Gasteiger partial charge in [0.25, 0.3) is 0 Å². The van der Waals surface area contributed by atoms with E-state index in [1.165, 1.54) is 0 Å². The second-order valence-corrected chi connectivity index (χ2v) is 8.20. The largest absolute Gasteiger partial charge is 0.460 e. The molecule has 25 heavy (non-hydrogen) atoms. The zero-order chi connectivity index (χ0) is 18.8. The van der Waals surface area contributed by atoms with Crippen LogP contribution in [0.15, 0.2) is 30.5 Å². The minimum Gasteiger partial charge on any atom is -0.460 e. The number of nitrogens with two attached hydrogens (primary N) is 1. The Morgan fingerprint density at radius 3 is 2.44 bits per heavy atom. The Hall–Kier alpha value is -2.14. The molecular formula is C20H28N2O3. The fourth-order valence-corrected chi connectivity index (χ4v) is 2.71. The van der Waals surface area contributed by atoms with E-state index < -0.39 is 17.1 Å². The molecule has 0 fully saturated rings. The van der Waals surface area contributed by atoms with Crippen molar-refractivity contribution in [2.75, 3.05) is 0 Å². The van der Waals surface area contributed by atoms with E-state index in [0.717, 1.165) is 16.5 Å². The normalized spacial score (nSPS) is 13.7. The Kier molecular flexibility index (Phi) is 5.37. The van der Waals surface area contributed by atoms with Crippen LogP contribution in [0.4, 0.5) is 0 Å². The van der Waals surface area contributed by atoms with E-state index in [9.17, 15) is 9.59 Å². The summed E-state index contributed by atoms with van der Waals surface area (Å²) < 4.78 is 5.41. The number of Topliss-reactive ketones (excluding diaryl/α,β-unsaturated/α-hetero) is 1. The quantitative estimate of drug-likeness (QED) is 0.787. The number of carbonyl (C=O) groups is 2. The molecule has 5 nitrogen and oxygen atoms in total. The molecule has 1 aromatic heterocycles. The van der Waals surface area contributed by atoms with E-state index in [1.54, 1.807) is 13.8 Å². The highest BCUT2D eigenvalue weighted by Gasteiger charge is 2.36. The summed E-state index contributed by atoms with van der Waals surface area (Å²) in [5.74, 6) is -0.520. The number of aromatic nitrogens is 1. The standard InChI is InChI=1S/C20H28N2O3/c1-19(2,3)25-18(24)20(4,5)11-17(23)15(21)10-13-12-22-16-9-7-6-8-14(13)16/h6-9,12,15,22H,10-11,21H2,1-5H3. The van der Waals surface area contributed by atoms with E-state index in [-0.39, 0.29) is 18.2 Å². The van der Waals surface area contributed by atoms with Gasteiger partial charge >= 0.3 is 5.97 Å². The van der Waals surface area contributed by atoms with Gasteiger partial charge in [0.15, 0.2) is 5.78 Å². The molecule has 2 aromatic rings. The maximum absolute atomic E-state index is 12.5. The summed E-state index contributed by atoms with van der Waals surface area (Å²) in [5.41, 5.74) is 6.66. The number of ketones is 1. The highest BCUT2D eigenvalue weighted by molar-refractivity contribution is 5.91. The summed E-state index contributed by atoms with van der Waals surface area (Å²) in [6.07, 6.45) is 2.38. The molecule has 5 heteroatoms. The second-order valence-electron chi connectivity index (χ2n) is 8.20. The number of aromatic amines is 1. The zero-order valence-electron chi connectivity index (χ0n) is 15.7. The molecule has 0 aliphatic carbocycles. The van der Waals surface area contributed by atoms with Crippen molar-refractivity contribution >= 4 is 22.7 Å². The highest BCUT2D eigenvalue weighted by atomic mass is 16.6. The van der Waals surface area contributed by atoms with Crippen LogP contribution < -0.4 is 5.73 Å². The van der Waals surface area contributed by atoms with E-state index >= 15 is 0 Å². The number of hydrogen-bond acceptors (Lipinski definition) is 4. The maximum Gasteiger partial charge on any atom is 0.312 e. The van der Waals surface area contributed by atoms with Crippen molar-refractivity contribution in [3.05, 3.63) is 36.0 Å². The molecule has 2 rings (SSSR count). The third-order valence-electron chi connectivity index (χ3n) is 4.10. The van der Waals surface area contributed by atoms with Crippen molar-refractivity contribution in [1.29, 1.82) is 0 Å². The molecule has 1 aromatic carbocycles. The molecule has 0 aliphatic heterocycles. The predicted octanol–water partition coefficient (Wildman–Crippen LogP) is 3.36. The minimum atomic E-state index is -0.901. The first-order valence-corrected chi connectivity index (χ1v) is 8.56. The first-order valence-electron chi connectivity index (χ1n) is 8.56. The molecule has 1 unspecified atom stereocenters. The summed E-state index contributed by atoms with van der Waals surface area (Å²) in [6, 6.07) is 7.25. The number of nitrogens with one attached hydrogen (secondary N) is 1. The van der Waals surface area contributed by atoms with Crippen LogP contribution in [-0.2, 0) is 20.7 Å². The lowest BCUT2D eigenvalue weighted by atomic mass is 9.84. The summed E-state index contributed by atoms with van der Waals surface area (Å²) >= 11 is 0. The van der Waals surface area contributed by atoms with Gasteiger partial charge in [-0.15, -0.1) is 0 Å². The number of para-hydroxylation sites is 1. The Bertz CT molecular complexity index is 769. The van der Waals surface area contributed by atoms with Crippen molar-refractivity contribution in [3.8, 4) is 0 Å². The van der Waals surface area contributed by atoms with Crippen LogP contribution in [0.2, 0.25) is 0 Å². The molecule has 0 bridgehead atoms. The van der Waals surface area contributed by atoms with Gasteiger partial charge in [0.2, 0.25) is 0 Å². The van der Waals surface area contributed by atoms with Crippen LogP contribution in [-0.4, -0.2) is 28.4 Å². The number of hydrogen-bond donors (Lipinski definition) is 2. The zero-order valence-corrected chi connectivity index (χ0v) is 15.7. The number of esters is 1. The Morgan fingerprint density at radius 1 is 1.16 bits per heavy atom. The molecule has 0 saturated heterocycles. The Balaban J connectivity index is 2.03. The summed E-state index contributed by atoms with van der Waals surface area (Å²) in [7, 11) is 0. The number of ether oxygens (including phenoxy) is 1. The van der Waals surface area contributed by atoms with Crippen LogP contribution >= 0.6 is 0 Å². The minimum absolute atomic E-state index is 0.0609. The molecule has 3 N–H and O–H groups in total. The lowest BCUT2D eigenvalue weighted by Gasteiger charge is -2.28. The monoisotopic (exact) mass is 344 g/mol. The smallest absolute Gasteiger partial charge is 0.312 e. The molecule has 1 heterocycles. The number of H-pyrrole nitrogens is 1. The molecule has 1 atom stereocenters. The van der Waals surface area contributed by atoms with Crippen LogP contribution in [0.5, 0.6) is 0 Å². The molecule has 0 amide bonds. The van der Waals surface area contributed by atoms with E-state index in [0.29, 0.717) is 6.42 Å². The van der Waals surface area contributed by atoms with Gasteiger partial charge in [-0.1, -0.05) is 18.2 Å². The summed E-state index contributed by atoms with van der Waals surface area (Å²) in [6.45, 7) is 8.87. The molecule has 0 aliphatic rings. The number of benzene rings is 1. The van der Waals surface area contributed by atoms with Gasteiger partial charge in [-0.2, -0.15) is 0 Å². The first kappa shape index (κ1) is 19.2. The molecule has 0 saturated carbocycles. The van der Waals surface area contributed by atoms with Gasteiger partial charge in [0.05, 0.1) is 11.5 Å². The van der Waals surface area contributed by atoms with Gasteiger partial charge in [-0.25, -0.2) is 0 Å². The third kappa shape index (κ3) is 4.92. The van der Waals surface area contributed by atoms with Crippen molar-refractivity contribution in [2.45, 2.75) is 59.1 Å². The number of carbonyl (C=O) groups excluding carboxylic acids is 2. The van der Waals surface area contributed by atoms with Gasteiger partial charge in [-0.3, -0.25) is 9.59 Å². The fraction of sp³-hybridized carbons (Fsp3) is 0.500. The summed E-state index contributed by atoms with van der Waals surface area (Å²) in [5, 5.41) is 1.07. The lowest BCUT2D eigenvalue weighted by Crippen LogP contribution is -2.40. The Labute approximate surface area is 148 Å². The van der Waals surface area contributed by atoms with Gasteiger partial charge in [0.1, 0.15) is 5.60 Å². The van der Waals surface area contributed by atoms with Crippen LogP contribution in [0.1, 0.15) is 46.6 Å². The average molecular weight is 344 g/mol. The van der Waals surface area contributed by atoms with E-state index in [1.807, 2.05) is 51.2 Å². The van der Waals surface area contributed by atoms with Crippen molar-refractivity contribution in [2.24, 2.45) is 11.1 Å². The molecular weight excluding hydrogens is 316 g/mol. The predicted molar refractivity (Wildman–Crippen MR) is 99.2 cm³/mol. The van der Waals surface area contributed by atoms with Crippen molar-refractivity contribution < 1.29 is 14.3 Å². The lowest BCUT2D eigenvalue weighted by molar-refractivity contribution is -0.167. The van der Waals surface area contributed by atoms with Crippen molar-refractivity contribution in [3.63, 3.8) is 0 Å². The maximum atomic E-state index is 12.5. The Morgan fingerprint density at radius 2 is 1.80 bits per heavy atom. The first-order chi connectivity index (χ1) is 11.5. The second kappa shape index (κ2) is 7.00. The SMILES string of the molecule is CC(C)(C)OC(=O)C(C)(C)CC(=O)C(N)Cc1c[nH]c2ccccc12. The van der Waals surface area contributed by atoms with E-state index in [4.69, 9.17) is 10.5 Å². The fourth-order valence-electron chi connectivity index (χ4n) is 2.71. The van der Waals surface area contributed by atoms with Crippen LogP contribution in [0.3, 0.4) is 0 Å². The van der Waals surface area contributed by atoms with Crippen LogP contribution in [0.25, 0.3) is 10.9 Å². The third-order valence-corrected chi connectivity index (χ3v) is 4.10. The van der Waals surface area contributed by atoms with Crippen LogP contribution in [0, 0.1) is 5.41 Å². The topological polar surface area (TPSA) is 85.2 Å². The van der Waals surface area contributed by atoms with E-state index in [2.05, 4.69) is 4.98 Å². The van der Waals surface area contributed by atoms with Crippen molar-refractivity contribution in [1.82, 2.24) is 4.98 Å². The summed E-state index contributed by atoms with van der Waals surface area (Å²) in [4.78, 5) is 28.0. The number of rotatable bonds is 6. The molecule has 0 radical (unpaired) electrons. The molecule has 136 valence electrons. The van der Waals surface area contributed by atoms with Gasteiger partial charge < -0.3 is 15.5 Å². The van der Waals surface area contributed by atoms with Gasteiger partial charge in [-0.05, 0) is 52.7 Å². The van der Waals surface area contributed by atoms with Gasteiger partial charge in [0, 0.05) is 23.5 Å². The number of fused-ring (bicyclic) bond motifs is 1. The molecule has 0 spiro atoms. The highest BCUT2D eigenvalue weighted by Crippen LogP contribution is 2.27.